The molecule has 0 saturated carbocycles. The van der Waals surface area contributed by atoms with Gasteiger partial charge in [0.05, 0.1) is 0 Å². The molecular weight excluding hydrogens is 323 g/mol. The van der Waals surface area contributed by atoms with Crippen LogP contribution in [0, 0.1) is 0 Å². The number of halogens is 2. The van der Waals surface area contributed by atoms with Gasteiger partial charge >= 0.3 is 34.1 Å². The van der Waals surface area contributed by atoms with Crippen molar-refractivity contribution in [1.82, 2.24) is 29.9 Å². The second-order valence-corrected chi connectivity index (χ2v) is 2.72. The van der Waals surface area contributed by atoms with E-state index in [4.69, 9.17) is 0 Å². The average molecular weight is 331 g/mol. The van der Waals surface area contributed by atoms with E-state index in [1.807, 2.05) is 0 Å². The molecule has 20 heavy (non-hydrogen) atoms. The van der Waals surface area contributed by atoms with E-state index in [-0.39, 0.29) is 24.8 Å². The van der Waals surface area contributed by atoms with Crippen LogP contribution in [0.15, 0.2) is 28.8 Å². The minimum Gasteiger partial charge on any atom is -0.259 e. The maximum Gasteiger partial charge on any atom is 0.330 e. The lowest BCUT2D eigenvalue weighted by molar-refractivity contribution is 0.887. The fourth-order valence-electron chi connectivity index (χ4n) is 0.806. The largest absolute Gasteiger partial charge is 0.330 e. The van der Waals surface area contributed by atoms with Crippen LogP contribution in [0.3, 0.4) is 0 Å². The Balaban J connectivity index is 0. The molecule has 14 heteroatoms. The normalized spacial score (nSPS) is 8.40. The molecule has 2 aromatic heterocycles. The van der Waals surface area contributed by atoms with Gasteiger partial charge in [-0.25, -0.2) is 28.8 Å². The van der Waals surface area contributed by atoms with Gasteiger partial charge in [-0.15, -0.1) is 24.8 Å². The molecule has 0 aromatic carbocycles. The van der Waals surface area contributed by atoms with E-state index in [9.17, 15) is 28.8 Å². The molecular formula is C6H8Cl2N6O6. The van der Waals surface area contributed by atoms with Gasteiger partial charge in [-0.2, -0.15) is 0 Å². The molecule has 6 N–H and O–H groups in total. The number of H-pyrrole nitrogens is 6. The summed E-state index contributed by atoms with van der Waals surface area (Å²) in [5.74, 6) is 0. The maximum absolute atomic E-state index is 10.2. The second kappa shape index (κ2) is 8.49. The van der Waals surface area contributed by atoms with Gasteiger partial charge in [0.1, 0.15) is 0 Å². The van der Waals surface area contributed by atoms with Gasteiger partial charge in [0.2, 0.25) is 0 Å². The zero-order chi connectivity index (χ0) is 13.7. The van der Waals surface area contributed by atoms with Gasteiger partial charge in [0, 0.05) is 0 Å². The topological polar surface area (TPSA) is 197 Å². The minimum atomic E-state index is -0.802. The third-order valence-corrected chi connectivity index (χ3v) is 1.36. The van der Waals surface area contributed by atoms with Gasteiger partial charge < -0.3 is 0 Å². The smallest absolute Gasteiger partial charge is 0.259 e. The third-order valence-electron chi connectivity index (χ3n) is 1.36. The molecule has 2 aromatic rings. The predicted octanol–water partition coefficient (Wildman–Crippen LogP) is -3.65. The number of aromatic amines is 6. The highest BCUT2D eigenvalue weighted by atomic mass is 35.5. The summed E-state index contributed by atoms with van der Waals surface area (Å²) in [6.07, 6.45) is 0. The van der Waals surface area contributed by atoms with Gasteiger partial charge in [0.25, 0.3) is 0 Å². The molecule has 0 atom stereocenters. The van der Waals surface area contributed by atoms with Gasteiger partial charge in [-0.05, 0) is 0 Å². The Bertz CT molecular complexity index is 636. The van der Waals surface area contributed by atoms with Crippen molar-refractivity contribution in [2.75, 3.05) is 0 Å². The monoisotopic (exact) mass is 330 g/mol. The molecule has 0 radical (unpaired) electrons. The van der Waals surface area contributed by atoms with Crippen LogP contribution in [0.4, 0.5) is 0 Å². The molecule has 0 fully saturated rings. The van der Waals surface area contributed by atoms with Gasteiger partial charge in [0.15, 0.2) is 0 Å². The van der Waals surface area contributed by atoms with E-state index in [0.29, 0.717) is 0 Å². The first kappa shape index (κ1) is 19.7. The van der Waals surface area contributed by atoms with Crippen LogP contribution in [0.1, 0.15) is 0 Å². The van der Waals surface area contributed by atoms with Crippen LogP contribution >= 0.6 is 24.8 Å². The Kier molecular flexibility index (Phi) is 8.38. The summed E-state index contributed by atoms with van der Waals surface area (Å²) in [6, 6.07) is 0. The SMILES string of the molecule is Cl.Cl.O=c1[nH]c(=O)[nH]c(=O)[nH]1.O=c1[nH]c(=O)[nH]c(=O)[nH]1. The number of hydrogen-bond donors (Lipinski definition) is 6. The van der Waals surface area contributed by atoms with E-state index in [1.54, 1.807) is 29.9 Å². The molecule has 0 unspecified atom stereocenters. The van der Waals surface area contributed by atoms with Gasteiger partial charge in [-0.3, -0.25) is 29.9 Å². The summed E-state index contributed by atoms with van der Waals surface area (Å²) in [4.78, 5) is 71.8. The highest BCUT2D eigenvalue weighted by Gasteiger charge is 1.85. The molecule has 2 rings (SSSR count). The van der Waals surface area contributed by atoms with Crippen molar-refractivity contribution in [3.8, 4) is 0 Å². The Labute approximate surface area is 118 Å². The molecule has 0 amide bonds. The standard InChI is InChI=1S/2C3H3N3O3.2ClH/c2*7-1-4-2(8)6-3(9)5-1;;/h2*(H3,4,5,6,7,8,9);2*1H. The van der Waals surface area contributed by atoms with Gasteiger partial charge in [-0.1, -0.05) is 0 Å². The second-order valence-electron chi connectivity index (χ2n) is 2.72. The number of aromatic nitrogens is 6. The maximum atomic E-state index is 10.2. The molecule has 2 heterocycles. The fraction of sp³-hybridized carbons (Fsp3) is 0. The third kappa shape index (κ3) is 6.97. The predicted molar refractivity (Wildman–Crippen MR) is 71.1 cm³/mol. The van der Waals surface area contributed by atoms with Crippen LogP contribution in [0.2, 0.25) is 0 Å². The van der Waals surface area contributed by atoms with Crippen molar-refractivity contribution in [2.45, 2.75) is 0 Å². The van der Waals surface area contributed by atoms with Crippen LogP contribution in [0.5, 0.6) is 0 Å². The summed E-state index contributed by atoms with van der Waals surface area (Å²) in [5, 5.41) is 0. The van der Waals surface area contributed by atoms with Crippen LogP contribution in [0.25, 0.3) is 0 Å². The van der Waals surface area contributed by atoms with Crippen LogP contribution in [-0.4, -0.2) is 29.9 Å². The van der Waals surface area contributed by atoms with Crippen molar-refractivity contribution < 1.29 is 0 Å². The lowest BCUT2D eigenvalue weighted by Gasteiger charge is -1.77. The molecule has 0 saturated heterocycles. The summed E-state index contributed by atoms with van der Waals surface area (Å²) in [7, 11) is 0. The van der Waals surface area contributed by atoms with E-state index in [0.717, 1.165) is 0 Å². The van der Waals surface area contributed by atoms with Crippen LogP contribution < -0.4 is 34.1 Å². The lowest BCUT2D eigenvalue weighted by Crippen LogP contribution is -2.34. The quantitative estimate of drug-likeness (QED) is 0.287. The number of hydrogen-bond acceptors (Lipinski definition) is 6. The molecule has 0 aliphatic rings. The van der Waals surface area contributed by atoms with E-state index >= 15 is 0 Å². The highest BCUT2D eigenvalue weighted by molar-refractivity contribution is 5.85. The number of nitrogens with one attached hydrogen (secondary N) is 6. The molecule has 0 aliphatic carbocycles. The summed E-state index contributed by atoms with van der Waals surface area (Å²) < 4.78 is 0. The van der Waals surface area contributed by atoms with E-state index in [1.165, 1.54) is 0 Å². The lowest BCUT2D eigenvalue weighted by atomic mass is 11.0. The summed E-state index contributed by atoms with van der Waals surface area (Å²) >= 11 is 0. The Hall–Kier alpha value is -2.60. The zero-order valence-electron chi connectivity index (χ0n) is 9.27. The first-order valence-corrected chi connectivity index (χ1v) is 4.22. The van der Waals surface area contributed by atoms with Crippen molar-refractivity contribution in [3.05, 3.63) is 62.9 Å². The number of rotatable bonds is 0. The minimum absolute atomic E-state index is 0. The average Bonchev–Trinajstić information content (AvgIpc) is 2.12. The Morgan fingerprint density at radius 3 is 0.550 bits per heavy atom. The van der Waals surface area contributed by atoms with Crippen molar-refractivity contribution in [1.29, 1.82) is 0 Å². The Morgan fingerprint density at radius 1 is 0.350 bits per heavy atom. The van der Waals surface area contributed by atoms with Crippen molar-refractivity contribution >= 4 is 24.8 Å². The van der Waals surface area contributed by atoms with Crippen molar-refractivity contribution in [2.24, 2.45) is 0 Å². The van der Waals surface area contributed by atoms with E-state index < -0.39 is 34.1 Å². The highest BCUT2D eigenvalue weighted by Crippen LogP contribution is 1.30. The Morgan fingerprint density at radius 2 is 0.450 bits per heavy atom. The molecule has 112 valence electrons. The first-order valence-electron chi connectivity index (χ1n) is 4.22. The molecule has 0 bridgehead atoms. The summed E-state index contributed by atoms with van der Waals surface area (Å²) in [5.41, 5.74) is -4.81. The van der Waals surface area contributed by atoms with Crippen LogP contribution in [-0.2, 0) is 0 Å². The first-order chi connectivity index (χ1) is 8.36. The fourth-order valence-corrected chi connectivity index (χ4v) is 0.806. The zero-order valence-corrected chi connectivity index (χ0v) is 10.9. The molecule has 12 nitrogen and oxygen atoms in total. The molecule has 0 spiro atoms. The van der Waals surface area contributed by atoms with E-state index in [2.05, 4.69) is 0 Å². The van der Waals surface area contributed by atoms with Crippen molar-refractivity contribution in [3.63, 3.8) is 0 Å². The summed E-state index contributed by atoms with van der Waals surface area (Å²) in [6.45, 7) is 0. The molecule has 0 aliphatic heterocycles.